The summed E-state index contributed by atoms with van der Waals surface area (Å²) in [5, 5.41) is 7.64. The molecule has 0 spiro atoms. The van der Waals surface area contributed by atoms with Crippen LogP contribution in [0, 0.1) is 12.7 Å². The Labute approximate surface area is 130 Å². The van der Waals surface area contributed by atoms with Crippen molar-refractivity contribution < 1.29 is 4.39 Å². The molecule has 0 saturated heterocycles. The number of rotatable bonds is 3. The molecule has 4 nitrogen and oxygen atoms in total. The standard InChI is InChI=1S/C14H12ClFN4S/c1-8-5-6-18-14-12(13(17-2)19-20(8)14)21-9-3-4-11(16)10(15)7-9/h3-7H,1-2H3,(H,17,19). The fraction of sp³-hybridized carbons (Fsp3) is 0.143. The van der Waals surface area contributed by atoms with Gasteiger partial charge in [-0.2, -0.15) is 0 Å². The second-order valence-corrected chi connectivity index (χ2v) is 5.92. The van der Waals surface area contributed by atoms with E-state index in [4.69, 9.17) is 11.6 Å². The topological polar surface area (TPSA) is 42.2 Å². The molecule has 0 fully saturated rings. The van der Waals surface area contributed by atoms with Crippen molar-refractivity contribution in [2.75, 3.05) is 12.4 Å². The van der Waals surface area contributed by atoms with E-state index in [2.05, 4.69) is 15.4 Å². The number of halogens is 2. The first-order chi connectivity index (χ1) is 10.1. The molecule has 0 saturated carbocycles. The minimum absolute atomic E-state index is 0.103. The van der Waals surface area contributed by atoms with Crippen molar-refractivity contribution in [2.45, 2.75) is 16.7 Å². The van der Waals surface area contributed by atoms with E-state index >= 15 is 0 Å². The summed E-state index contributed by atoms with van der Waals surface area (Å²) in [6.45, 7) is 1.96. The van der Waals surface area contributed by atoms with Gasteiger partial charge in [0.1, 0.15) is 10.7 Å². The van der Waals surface area contributed by atoms with Crippen LogP contribution >= 0.6 is 23.4 Å². The normalized spacial score (nSPS) is 11.0. The summed E-state index contributed by atoms with van der Waals surface area (Å²) >= 11 is 7.28. The number of nitrogens with zero attached hydrogens (tertiary/aromatic N) is 3. The predicted octanol–water partition coefficient (Wildman–Crippen LogP) is 4.02. The third kappa shape index (κ3) is 2.56. The highest BCUT2D eigenvalue weighted by molar-refractivity contribution is 7.99. The van der Waals surface area contributed by atoms with E-state index in [1.807, 2.05) is 13.0 Å². The van der Waals surface area contributed by atoms with Gasteiger partial charge >= 0.3 is 0 Å². The summed E-state index contributed by atoms with van der Waals surface area (Å²) in [6, 6.07) is 6.53. The summed E-state index contributed by atoms with van der Waals surface area (Å²) in [4.78, 5) is 6.09. The minimum atomic E-state index is -0.427. The van der Waals surface area contributed by atoms with Gasteiger partial charge in [-0.1, -0.05) is 23.4 Å². The highest BCUT2D eigenvalue weighted by atomic mass is 35.5. The lowest BCUT2D eigenvalue weighted by molar-refractivity contribution is 0.627. The quantitative estimate of drug-likeness (QED) is 0.790. The smallest absolute Gasteiger partial charge is 0.171 e. The first kappa shape index (κ1) is 14.2. The lowest BCUT2D eigenvalue weighted by Gasteiger charge is -2.03. The number of anilines is 1. The molecule has 0 aliphatic carbocycles. The summed E-state index contributed by atoms with van der Waals surface area (Å²) in [7, 11) is 1.80. The summed E-state index contributed by atoms with van der Waals surface area (Å²) in [5.74, 6) is 0.297. The second-order valence-electron chi connectivity index (χ2n) is 4.43. The third-order valence-corrected chi connectivity index (χ3v) is 4.37. The molecule has 0 unspecified atom stereocenters. The van der Waals surface area contributed by atoms with E-state index in [1.54, 1.807) is 29.9 Å². The van der Waals surface area contributed by atoms with Crippen LogP contribution in [0.2, 0.25) is 5.02 Å². The fourth-order valence-corrected chi connectivity index (χ4v) is 3.22. The summed E-state index contributed by atoms with van der Waals surface area (Å²) in [5.41, 5.74) is 1.74. The average molecular weight is 323 g/mol. The van der Waals surface area contributed by atoms with Gasteiger partial charge < -0.3 is 5.32 Å². The van der Waals surface area contributed by atoms with Crippen LogP contribution in [0.1, 0.15) is 5.69 Å². The number of nitrogens with one attached hydrogen (secondary N) is 1. The first-order valence-electron chi connectivity index (χ1n) is 6.25. The van der Waals surface area contributed by atoms with Crippen LogP contribution in [0.3, 0.4) is 0 Å². The zero-order chi connectivity index (χ0) is 15.0. The number of fused-ring (bicyclic) bond motifs is 1. The molecule has 0 bridgehead atoms. The van der Waals surface area contributed by atoms with Gasteiger partial charge in [0, 0.05) is 23.8 Å². The van der Waals surface area contributed by atoms with Gasteiger partial charge in [0.15, 0.2) is 11.5 Å². The molecule has 0 aliphatic rings. The van der Waals surface area contributed by atoms with E-state index < -0.39 is 5.82 Å². The summed E-state index contributed by atoms with van der Waals surface area (Å²) < 4.78 is 15.0. The van der Waals surface area contributed by atoms with Crippen LogP contribution in [-0.2, 0) is 0 Å². The number of hydrogen-bond donors (Lipinski definition) is 1. The van der Waals surface area contributed by atoms with E-state index in [1.165, 1.54) is 17.8 Å². The van der Waals surface area contributed by atoms with E-state index in [0.717, 1.165) is 26.9 Å². The maximum Gasteiger partial charge on any atom is 0.171 e. The Morgan fingerprint density at radius 1 is 1.33 bits per heavy atom. The van der Waals surface area contributed by atoms with Crippen molar-refractivity contribution in [1.82, 2.24) is 14.6 Å². The molecule has 3 rings (SSSR count). The Morgan fingerprint density at radius 2 is 2.14 bits per heavy atom. The van der Waals surface area contributed by atoms with Gasteiger partial charge in [0.05, 0.1) is 5.02 Å². The number of hydrogen-bond acceptors (Lipinski definition) is 4. The number of aryl methyl sites for hydroxylation is 1. The lowest BCUT2D eigenvalue weighted by atomic mass is 10.3. The van der Waals surface area contributed by atoms with Gasteiger partial charge in [-0.05, 0) is 31.2 Å². The highest BCUT2D eigenvalue weighted by Gasteiger charge is 2.16. The molecule has 3 aromatic rings. The largest absolute Gasteiger partial charge is 0.371 e. The molecule has 0 atom stereocenters. The van der Waals surface area contributed by atoms with Gasteiger partial charge in [-0.25, -0.2) is 13.9 Å². The Kier molecular flexibility index (Phi) is 3.73. The maximum absolute atomic E-state index is 13.2. The van der Waals surface area contributed by atoms with Crippen LogP contribution in [0.5, 0.6) is 0 Å². The molecule has 1 aromatic carbocycles. The molecule has 21 heavy (non-hydrogen) atoms. The van der Waals surface area contributed by atoms with E-state index in [-0.39, 0.29) is 5.02 Å². The molecule has 1 N–H and O–H groups in total. The SMILES string of the molecule is CNc1nn2c(C)ccnc2c1Sc1ccc(F)c(Cl)c1. The molecule has 0 aliphatic heterocycles. The monoisotopic (exact) mass is 322 g/mol. The van der Waals surface area contributed by atoms with Crippen molar-refractivity contribution >= 4 is 34.8 Å². The molecule has 2 aromatic heterocycles. The molecular formula is C14H12ClFN4S. The zero-order valence-electron chi connectivity index (χ0n) is 11.4. The summed E-state index contributed by atoms with van der Waals surface area (Å²) in [6.07, 6.45) is 1.74. The molecule has 7 heteroatoms. The second kappa shape index (κ2) is 5.54. The number of benzene rings is 1. The third-order valence-electron chi connectivity index (χ3n) is 3.01. The highest BCUT2D eigenvalue weighted by Crippen LogP contribution is 2.37. The molecule has 0 amide bonds. The Bertz CT molecular complexity index is 818. The Hall–Kier alpha value is -1.79. The van der Waals surface area contributed by atoms with Crippen molar-refractivity contribution in [2.24, 2.45) is 0 Å². The van der Waals surface area contributed by atoms with Crippen LogP contribution in [0.25, 0.3) is 5.65 Å². The maximum atomic E-state index is 13.2. The van der Waals surface area contributed by atoms with Crippen molar-refractivity contribution in [1.29, 1.82) is 0 Å². The van der Waals surface area contributed by atoms with Gasteiger partial charge in [-0.3, -0.25) is 0 Å². The zero-order valence-corrected chi connectivity index (χ0v) is 13.0. The fourth-order valence-electron chi connectivity index (χ4n) is 1.96. The number of aromatic nitrogens is 3. The van der Waals surface area contributed by atoms with Crippen LogP contribution < -0.4 is 5.32 Å². The van der Waals surface area contributed by atoms with Crippen LogP contribution in [0.4, 0.5) is 10.2 Å². The first-order valence-corrected chi connectivity index (χ1v) is 7.44. The van der Waals surface area contributed by atoms with Gasteiger partial charge in [0.25, 0.3) is 0 Å². The average Bonchev–Trinajstić information content (AvgIpc) is 2.83. The van der Waals surface area contributed by atoms with E-state index in [0.29, 0.717) is 0 Å². The lowest BCUT2D eigenvalue weighted by Crippen LogP contribution is -1.95. The Morgan fingerprint density at radius 3 is 2.86 bits per heavy atom. The molecule has 108 valence electrons. The van der Waals surface area contributed by atoms with Crippen molar-refractivity contribution in [3.63, 3.8) is 0 Å². The van der Waals surface area contributed by atoms with Crippen LogP contribution in [-0.4, -0.2) is 21.6 Å². The van der Waals surface area contributed by atoms with Crippen LogP contribution in [0.15, 0.2) is 40.3 Å². The van der Waals surface area contributed by atoms with Gasteiger partial charge in [-0.15, -0.1) is 5.10 Å². The van der Waals surface area contributed by atoms with Gasteiger partial charge in [0.2, 0.25) is 0 Å². The Balaban J connectivity index is 2.10. The van der Waals surface area contributed by atoms with E-state index in [9.17, 15) is 4.39 Å². The molecular weight excluding hydrogens is 311 g/mol. The van der Waals surface area contributed by atoms with Crippen molar-refractivity contribution in [3.05, 3.63) is 47.0 Å². The minimum Gasteiger partial charge on any atom is -0.371 e. The molecule has 0 radical (unpaired) electrons. The van der Waals surface area contributed by atoms with Crippen molar-refractivity contribution in [3.8, 4) is 0 Å². The molecule has 2 heterocycles. The predicted molar refractivity (Wildman–Crippen MR) is 82.8 cm³/mol.